The van der Waals surface area contributed by atoms with Crippen LogP contribution in [0.25, 0.3) is 0 Å². The van der Waals surface area contributed by atoms with Crippen LogP contribution in [0.15, 0.2) is 0 Å². The number of sulfone groups is 2. The fourth-order valence-corrected chi connectivity index (χ4v) is 9.50. The minimum Gasteiger partial charge on any atom is -0.335 e. The van der Waals surface area contributed by atoms with E-state index in [-0.39, 0.29) is 0 Å². The first-order valence-electron chi connectivity index (χ1n) is 12.8. The number of likely N-dealkylation sites (tertiary alicyclic amines) is 2. The van der Waals surface area contributed by atoms with Gasteiger partial charge in [0, 0.05) is 12.8 Å². The molecule has 0 amide bonds. The van der Waals surface area contributed by atoms with Crippen molar-refractivity contribution in [1.29, 1.82) is 0 Å². The van der Waals surface area contributed by atoms with E-state index >= 15 is 0 Å². The maximum atomic E-state index is 12.9. The van der Waals surface area contributed by atoms with Gasteiger partial charge in [-0.3, -0.25) is 0 Å². The van der Waals surface area contributed by atoms with Crippen LogP contribution in [0.2, 0.25) is 0 Å². The van der Waals surface area contributed by atoms with Gasteiger partial charge in [-0.1, -0.05) is 27.2 Å². The molecule has 2 rings (SSSR count). The smallest absolute Gasteiger partial charge is 0.335 e. The number of nitrogens with zero attached hydrogens (tertiary/aromatic N) is 1. The van der Waals surface area contributed by atoms with Crippen LogP contribution >= 0.6 is 0 Å². The summed E-state index contributed by atoms with van der Waals surface area (Å²) in [5.41, 5.74) is -12.2. The van der Waals surface area contributed by atoms with Crippen molar-refractivity contribution in [2.24, 2.45) is 0 Å². The second-order valence-corrected chi connectivity index (χ2v) is 14.7. The van der Waals surface area contributed by atoms with E-state index in [1.165, 1.54) is 62.8 Å². The Morgan fingerprint density at radius 1 is 0.722 bits per heavy atom. The van der Waals surface area contributed by atoms with E-state index < -0.39 is 60.7 Å². The molecular weight excluding hydrogens is 534 g/mol. The third-order valence-electron chi connectivity index (χ3n) is 7.35. The van der Waals surface area contributed by atoms with Crippen molar-refractivity contribution in [3.05, 3.63) is 0 Å². The summed E-state index contributed by atoms with van der Waals surface area (Å²) in [5, 5.41) is 0. The molecule has 0 saturated carbocycles. The van der Waals surface area contributed by atoms with Gasteiger partial charge in [-0.05, 0) is 38.5 Å². The molecule has 2 heterocycles. The predicted octanol–water partition coefficient (Wildman–Crippen LogP) is 3.84. The Bertz CT molecular complexity index is 814. The van der Waals surface area contributed by atoms with Gasteiger partial charge in [0.15, 0.2) is 0 Å². The van der Waals surface area contributed by atoms with Gasteiger partial charge in [0.2, 0.25) is 4.08 Å². The van der Waals surface area contributed by atoms with Crippen molar-refractivity contribution in [2.75, 3.05) is 45.8 Å². The van der Waals surface area contributed by atoms with E-state index in [1.807, 2.05) is 6.92 Å². The molecule has 14 heteroatoms. The Morgan fingerprint density at radius 2 is 1.14 bits per heavy atom. The number of hydrogen-bond donors (Lipinski definition) is 1. The summed E-state index contributed by atoms with van der Waals surface area (Å²) >= 11 is 0. The monoisotopic (exact) mass is 576 g/mol. The molecular formula is C22H42F6N2O4S2+2. The fourth-order valence-electron chi connectivity index (χ4n) is 5.46. The summed E-state index contributed by atoms with van der Waals surface area (Å²) in [6.07, 6.45) is 6.04. The number of hydrogen-bond acceptors (Lipinski definition) is 4. The van der Waals surface area contributed by atoms with Crippen molar-refractivity contribution in [2.45, 2.75) is 93.7 Å². The molecule has 0 unspecified atom stereocenters. The van der Waals surface area contributed by atoms with Gasteiger partial charge in [-0.15, -0.1) is 0 Å². The highest BCUT2D eigenvalue weighted by Gasteiger charge is 2.73. The molecule has 216 valence electrons. The van der Waals surface area contributed by atoms with Gasteiger partial charge < -0.3 is 9.38 Å². The lowest BCUT2D eigenvalue weighted by atomic mass is 10.1. The van der Waals surface area contributed by atoms with Crippen molar-refractivity contribution in [3.63, 3.8) is 0 Å². The number of halogens is 6. The third-order valence-corrected chi connectivity index (χ3v) is 12.7. The van der Waals surface area contributed by atoms with E-state index in [9.17, 15) is 43.2 Å². The van der Waals surface area contributed by atoms with Crippen LogP contribution < -0.4 is 4.90 Å². The molecule has 0 bridgehead atoms. The Balaban J connectivity index is 0.000000450. The molecule has 0 aliphatic carbocycles. The zero-order chi connectivity index (χ0) is 27.9. The first kappa shape index (κ1) is 33.4. The Kier molecular flexibility index (Phi) is 12.0. The Hall–Kier alpha value is -0.600. The fraction of sp³-hybridized carbons (Fsp3) is 1.00. The van der Waals surface area contributed by atoms with Gasteiger partial charge in [-0.25, -0.2) is 16.8 Å². The van der Waals surface area contributed by atoms with Crippen LogP contribution in [0.5, 0.6) is 0 Å². The molecule has 2 aliphatic heterocycles. The van der Waals surface area contributed by atoms with Gasteiger partial charge in [0.05, 0.1) is 45.8 Å². The molecule has 0 aromatic rings. The lowest BCUT2D eigenvalue weighted by molar-refractivity contribution is -0.932. The highest BCUT2D eigenvalue weighted by atomic mass is 32.3. The van der Waals surface area contributed by atoms with E-state index in [2.05, 4.69) is 13.8 Å². The van der Waals surface area contributed by atoms with Crippen LogP contribution in [0, 0.1) is 0 Å². The highest BCUT2D eigenvalue weighted by molar-refractivity contribution is 8.11. The summed E-state index contributed by atoms with van der Waals surface area (Å²) in [6.45, 7) is 11.9. The number of alkyl halides is 6. The van der Waals surface area contributed by atoms with Gasteiger partial charge in [-0.2, -0.15) is 26.3 Å². The molecule has 2 saturated heterocycles. The lowest BCUT2D eigenvalue weighted by Crippen LogP contribution is -3.14. The van der Waals surface area contributed by atoms with E-state index in [4.69, 9.17) is 0 Å². The zero-order valence-electron chi connectivity index (χ0n) is 21.5. The first-order chi connectivity index (χ1) is 16.5. The van der Waals surface area contributed by atoms with Crippen molar-refractivity contribution in [3.8, 4) is 0 Å². The molecule has 0 atom stereocenters. The lowest BCUT2D eigenvalue weighted by Gasteiger charge is -2.41. The maximum Gasteiger partial charge on any atom is 0.498 e. The van der Waals surface area contributed by atoms with E-state index in [0.29, 0.717) is 17.9 Å². The first-order valence-corrected chi connectivity index (χ1v) is 15.7. The third kappa shape index (κ3) is 7.28. The summed E-state index contributed by atoms with van der Waals surface area (Å²) in [5.74, 6) is 0. The minimum absolute atomic E-state index is 0.398. The van der Waals surface area contributed by atoms with Gasteiger partial charge in [0.25, 0.3) is 19.7 Å². The van der Waals surface area contributed by atoms with E-state index in [0.717, 1.165) is 6.42 Å². The molecule has 0 radical (unpaired) electrons. The zero-order valence-corrected chi connectivity index (χ0v) is 23.1. The minimum atomic E-state index is -6.57. The molecule has 2 fully saturated rings. The Labute approximate surface area is 211 Å². The average molecular weight is 577 g/mol. The van der Waals surface area contributed by atoms with Gasteiger partial charge in [0.1, 0.15) is 0 Å². The highest BCUT2D eigenvalue weighted by Crippen LogP contribution is 2.47. The summed E-state index contributed by atoms with van der Waals surface area (Å²) in [6, 6.07) is 0. The largest absolute Gasteiger partial charge is 0.498 e. The summed E-state index contributed by atoms with van der Waals surface area (Å²) in [7, 11) is -13.1. The molecule has 0 aromatic heterocycles. The maximum absolute atomic E-state index is 12.9. The number of piperidine rings is 2. The predicted molar refractivity (Wildman–Crippen MR) is 127 cm³/mol. The van der Waals surface area contributed by atoms with E-state index in [1.54, 1.807) is 0 Å². The van der Waals surface area contributed by atoms with Crippen molar-refractivity contribution in [1.82, 2.24) is 0 Å². The topological polar surface area (TPSA) is 72.7 Å². The number of unbranched alkanes of at least 4 members (excludes halogenated alkanes) is 1. The molecule has 0 spiro atoms. The van der Waals surface area contributed by atoms with Crippen molar-refractivity contribution < 1.29 is 52.6 Å². The molecule has 36 heavy (non-hydrogen) atoms. The number of nitrogens with one attached hydrogen (secondary N) is 1. The second kappa shape index (κ2) is 13.0. The van der Waals surface area contributed by atoms with Crippen LogP contribution in [0.1, 0.15) is 78.6 Å². The summed E-state index contributed by atoms with van der Waals surface area (Å²) < 4.78 is 122. The number of quaternary nitrogens is 2. The average Bonchev–Trinajstić information content (AvgIpc) is 2.77. The molecule has 0 aromatic carbocycles. The standard InChI is InChI=1S/C11H17F6NO4S2.C11H24N/c1-2-3-6-18-7-4-9(5-8-18,23(19,20)10(12,13)14)24(21,22)11(15,16)17;1-3-8-12(9-4-2)10-6-5-7-11-12/h2-8H2,1H3;3-11H2,1-2H3/q;+1/p+1. The SMILES string of the molecule is CCCC[NH+]1CCC(S(=O)(=O)C(F)(F)F)(S(=O)(=O)C(F)(F)F)CC1.CCC[N+]1(CCC)CCCCC1. The molecule has 1 N–H and O–H groups in total. The normalized spacial score (nSPS) is 21.5. The number of rotatable bonds is 9. The summed E-state index contributed by atoms with van der Waals surface area (Å²) in [4.78, 5) is 0.585. The van der Waals surface area contributed by atoms with Crippen LogP contribution in [-0.4, -0.2) is 82.2 Å². The quantitative estimate of drug-likeness (QED) is 0.335. The Morgan fingerprint density at radius 3 is 1.47 bits per heavy atom. The van der Waals surface area contributed by atoms with Crippen LogP contribution in [-0.2, 0) is 19.7 Å². The van der Waals surface area contributed by atoms with Gasteiger partial charge >= 0.3 is 11.0 Å². The van der Waals surface area contributed by atoms with Crippen LogP contribution in [0.3, 0.4) is 0 Å². The second-order valence-electron chi connectivity index (χ2n) is 9.96. The molecule has 6 nitrogen and oxygen atoms in total. The van der Waals surface area contributed by atoms with Crippen LogP contribution in [0.4, 0.5) is 26.3 Å². The molecule has 2 aliphatic rings. The van der Waals surface area contributed by atoms with Crippen molar-refractivity contribution >= 4 is 19.7 Å².